The minimum atomic E-state index is -0.897. The van der Waals surface area contributed by atoms with Crippen LogP contribution in [0.5, 0.6) is 0 Å². The van der Waals surface area contributed by atoms with Crippen LogP contribution >= 0.6 is 0 Å². The first kappa shape index (κ1) is 13.9. The molecule has 0 unspecified atom stereocenters. The van der Waals surface area contributed by atoms with E-state index in [2.05, 4.69) is 0 Å². The first-order chi connectivity index (χ1) is 7.16. The van der Waals surface area contributed by atoms with E-state index in [-0.39, 0.29) is 25.4 Å². The molecule has 0 bridgehead atoms. The summed E-state index contributed by atoms with van der Waals surface area (Å²) < 4.78 is 4.86. The Bertz CT molecular complexity index is 190. The molecule has 0 saturated carbocycles. The second kappa shape index (κ2) is 9.45. The van der Waals surface area contributed by atoms with Crippen LogP contribution in [0, 0.1) is 0 Å². The van der Waals surface area contributed by atoms with Gasteiger partial charge in [0.25, 0.3) is 0 Å². The van der Waals surface area contributed by atoms with Crippen molar-refractivity contribution in [2.24, 2.45) is 0 Å². The molecule has 5 nitrogen and oxygen atoms in total. The number of carboxylic acids is 1. The number of ether oxygens (including phenoxy) is 1. The fourth-order valence-electron chi connectivity index (χ4n) is 1.03. The van der Waals surface area contributed by atoms with E-state index in [1.165, 1.54) is 0 Å². The minimum absolute atomic E-state index is 0.000385. The summed E-state index contributed by atoms with van der Waals surface area (Å²) in [4.78, 5) is 21.1. The lowest BCUT2D eigenvalue weighted by molar-refractivity contribution is -0.144. The maximum atomic E-state index is 11.0. The fraction of sp³-hybridized carbons (Fsp3) is 0.800. The molecule has 0 aromatic heterocycles. The monoisotopic (exact) mass is 218 g/mol. The molecule has 0 spiro atoms. The van der Waals surface area contributed by atoms with Crippen molar-refractivity contribution in [1.82, 2.24) is 0 Å². The number of aliphatic hydroxyl groups is 1. The van der Waals surface area contributed by atoms with Gasteiger partial charge in [0.1, 0.15) is 0 Å². The highest BCUT2D eigenvalue weighted by Gasteiger charge is 2.04. The Balaban J connectivity index is 3.22. The highest BCUT2D eigenvalue weighted by Crippen LogP contribution is 2.00. The molecule has 0 aliphatic rings. The molecule has 15 heavy (non-hydrogen) atoms. The Morgan fingerprint density at radius 2 is 1.73 bits per heavy atom. The molecule has 0 saturated heterocycles. The summed E-state index contributed by atoms with van der Waals surface area (Å²) in [5.74, 6) is -1.24. The molecule has 0 heterocycles. The quantitative estimate of drug-likeness (QED) is 0.444. The van der Waals surface area contributed by atoms with Gasteiger partial charge in [0.05, 0.1) is 6.61 Å². The molecule has 0 aromatic rings. The minimum Gasteiger partial charge on any atom is -0.481 e. The van der Waals surface area contributed by atoms with Gasteiger partial charge in [-0.05, 0) is 25.7 Å². The number of carbonyl (C=O) groups excluding carboxylic acids is 1. The third kappa shape index (κ3) is 10.8. The molecule has 0 aliphatic heterocycles. The SMILES string of the molecule is O=C(O)CCCC(=O)OCCCCCO. The molecular formula is C10H18O5. The van der Waals surface area contributed by atoms with E-state index in [1.807, 2.05) is 0 Å². The second-order valence-corrected chi connectivity index (χ2v) is 3.25. The normalized spacial score (nSPS) is 9.93. The van der Waals surface area contributed by atoms with Crippen molar-refractivity contribution in [1.29, 1.82) is 0 Å². The number of esters is 1. The van der Waals surface area contributed by atoms with Crippen LogP contribution < -0.4 is 0 Å². The number of carbonyl (C=O) groups is 2. The van der Waals surface area contributed by atoms with E-state index in [9.17, 15) is 9.59 Å². The number of aliphatic carboxylic acids is 1. The molecule has 0 rings (SSSR count). The Morgan fingerprint density at radius 3 is 2.33 bits per heavy atom. The highest BCUT2D eigenvalue weighted by molar-refractivity contribution is 5.71. The van der Waals surface area contributed by atoms with Crippen LogP contribution in [0.15, 0.2) is 0 Å². The summed E-state index contributed by atoms with van der Waals surface area (Å²) in [6, 6.07) is 0. The number of hydrogen-bond donors (Lipinski definition) is 2. The van der Waals surface area contributed by atoms with E-state index in [4.69, 9.17) is 14.9 Å². The zero-order chi connectivity index (χ0) is 11.5. The summed E-state index contributed by atoms with van der Waals surface area (Å²) in [6.07, 6.45) is 2.78. The summed E-state index contributed by atoms with van der Waals surface area (Å²) in [5, 5.41) is 16.8. The number of carboxylic acid groups (broad SMARTS) is 1. The number of rotatable bonds is 9. The molecule has 2 N–H and O–H groups in total. The molecule has 0 aliphatic carbocycles. The zero-order valence-corrected chi connectivity index (χ0v) is 8.78. The molecule has 0 aromatic carbocycles. The van der Waals surface area contributed by atoms with Crippen molar-refractivity contribution < 1.29 is 24.5 Å². The van der Waals surface area contributed by atoms with Crippen LogP contribution in [-0.2, 0) is 14.3 Å². The molecule has 0 radical (unpaired) electrons. The first-order valence-corrected chi connectivity index (χ1v) is 5.15. The van der Waals surface area contributed by atoms with E-state index >= 15 is 0 Å². The second-order valence-electron chi connectivity index (χ2n) is 3.25. The average Bonchev–Trinajstić information content (AvgIpc) is 2.17. The zero-order valence-electron chi connectivity index (χ0n) is 8.78. The van der Waals surface area contributed by atoms with Gasteiger partial charge in [0.15, 0.2) is 0 Å². The molecule has 5 heteroatoms. The van der Waals surface area contributed by atoms with Crippen LogP contribution in [0.25, 0.3) is 0 Å². The van der Waals surface area contributed by atoms with Gasteiger partial charge in [0.2, 0.25) is 0 Å². The topological polar surface area (TPSA) is 83.8 Å². The van der Waals surface area contributed by atoms with Crippen LogP contribution in [0.1, 0.15) is 38.5 Å². The lowest BCUT2D eigenvalue weighted by atomic mass is 10.2. The summed E-state index contributed by atoms with van der Waals surface area (Å²) in [6.45, 7) is 0.512. The van der Waals surface area contributed by atoms with Crippen molar-refractivity contribution in [2.75, 3.05) is 13.2 Å². The van der Waals surface area contributed by atoms with Gasteiger partial charge < -0.3 is 14.9 Å². The molecule has 0 fully saturated rings. The van der Waals surface area contributed by atoms with Crippen LogP contribution in [0.2, 0.25) is 0 Å². The van der Waals surface area contributed by atoms with Gasteiger partial charge in [-0.25, -0.2) is 0 Å². The molecule has 0 amide bonds. The van der Waals surface area contributed by atoms with Gasteiger partial charge in [-0.3, -0.25) is 9.59 Å². The van der Waals surface area contributed by atoms with Crippen molar-refractivity contribution in [2.45, 2.75) is 38.5 Å². The van der Waals surface area contributed by atoms with Crippen molar-refractivity contribution in [3.8, 4) is 0 Å². The van der Waals surface area contributed by atoms with Gasteiger partial charge in [-0.2, -0.15) is 0 Å². The molecule has 0 atom stereocenters. The van der Waals surface area contributed by atoms with Crippen LogP contribution in [-0.4, -0.2) is 35.4 Å². The Labute approximate surface area is 89.0 Å². The predicted octanol–water partition coefficient (Wildman–Crippen LogP) is 0.947. The fourth-order valence-corrected chi connectivity index (χ4v) is 1.03. The smallest absolute Gasteiger partial charge is 0.305 e. The summed E-state index contributed by atoms with van der Waals surface area (Å²) >= 11 is 0. The number of hydrogen-bond acceptors (Lipinski definition) is 4. The van der Waals surface area contributed by atoms with Crippen molar-refractivity contribution >= 4 is 11.9 Å². The van der Waals surface area contributed by atoms with Gasteiger partial charge >= 0.3 is 11.9 Å². The van der Waals surface area contributed by atoms with E-state index < -0.39 is 5.97 Å². The average molecular weight is 218 g/mol. The van der Waals surface area contributed by atoms with Gasteiger partial charge in [0, 0.05) is 19.4 Å². The largest absolute Gasteiger partial charge is 0.481 e. The maximum absolute atomic E-state index is 11.0. The van der Waals surface area contributed by atoms with E-state index in [1.54, 1.807) is 0 Å². The molecule has 88 valence electrons. The Hall–Kier alpha value is -1.10. The van der Waals surface area contributed by atoms with Crippen LogP contribution in [0.3, 0.4) is 0 Å². The highest BCUT2D eigenvalue weighted by atomic mass is 16.5. The van der Waals surface area contributed by atoms with E-state index in [0.29, 0.717) is 13.0 Å². The maximum Gasteiger partial charge on any atom is 0.305 e. The molecular weight excluding hydrogens is 200 g/mol. The summed E-state index contributed by atoms with van der Waals surface area (Å²) in [5.41, 5.74) is 0. The number of unbranched alkanes of at least 4 members (excludes halogenated alkanes) is 2. The first-order valence-electron chi connectivity index (χ1n) is 5.15. The van der Waals surface area contributed by atoms with Crippen molar-refractivity contribution in [3.63, 3.8) is 0 Å². The van der Waals surface area contributed by atoms with Crippen molar-refractivity contribution in [3.05, 3.63) is 0 Å². The predicted molar refractivity (Wildman–Crippen MR) is 53.4 cm³/mol. The lowest BCUT2D eigenvalue weighted by Gasteiger charge is -2.03. The number of aliphatic hydroxyl groups excluding tert-OH is 1. The standard InChI is InChI=1S/C10H18O5/c11-7-2-1-3-8-15-10(14)6-4-5-9(12)13/h11H,1-8H2,(H,12,13). The third-order valence-corrected chi connectivity index (χ3v) is 1.84. The lowest BCUT2D eigenvalue weighted by Crippen LogP contribution is -2.07. The van der Waals surface area contributed by atoms with E-state index in [0.717, 1.165) is 19.3 Å². The van der Waals surface area contributed by atoms with Gasteiger partial charge in [-0.15, -0.1) is 0 Å². The van der Waals surface area contributed by atoms with Gasteiger partial charge in [-0.1, -0.05) is 0 Å². The third-order valence-electron chi connectivity index (χ3n) is 1.84. The summed E-state index contributed by atoms with van der Waals surface area (Å²) in [7, 11) is 0. The Kier molecular flexibility index (Phi) is 8.76. The van der Waals surface area contributed by atoms with Crippen LogP contribution in [0.4, 0.5) is 0 Å². The Morgan fingerprint density at radius 1 is 1.00 bits per heavy atom.